The third-order valence-electron chi connectivity index (χ3n) is 5.75. The highest BCUT2D eigenvalue weighted by atomic mass is 16.6. The number of nitrogens with zero attached hydrogens (tertiary/aromatic N) is 2. The standard InChI is InChI=1S/C25H25N3O3/c1-16-7-10-20(11-8-16)26-23-14-18(3)27(24-12-9-17(2)13-22(23)24)25(29)19-5-4-6-21(15-19)28(30)31/h4-13,15,18,23,26H,14H2,1-3H3/t18-,23-/m0/s1. The summed E-state index contributed by atoms with van der Waals surface area (Å²) in [6.07, 6.45) is 0.727. The lowest BCUT2D eigenvalue weighted by Crippen LogP contribution is -2.44. The number of non-ortho nitro benzene ring substituents is 1. The summed E-state index contributed by atoms with van der Waals surface area (Å²) in [5, 5.41) is 14.8. The number of aryl methyl sites for hydroxylation is 2. The van der Waals surface area contributed by atoms with Crippen LogP contribution in [0.4, 0.5) is 17.1 Å². The molecule has 0 saturated carbocycles. The highest BCUT2D eigenvalue weighted by molar-refractivity contribution is 6.07. The van der Waals surface area contributed by atoms with Crippen LogP contribution in [0.5, 0.6) is 0 Å². The number of nitro benzene ring substituents is 1. The topological polar surface area (TPSA) is 75.5 Å². The Labute approximate surface area is 181 Å². The van der Waals surface area contributed by atoms with Crippen LogP contribution in [0.15, 0.2) is 66.7 Å². The molecule has 0 bridgehead atoms. The van der Waals surface area contributed by atoms with Crippen molar-refractivity contribution in [3.05, 3.63) is 99.1 Å². The first-order valence-electron chi connectivity index (χ1n) is 10.4. The maximum atomic E-state index is 13.4. The second kappa shape index (κ2) is 8.22. The molecule has 1 aliphatic heterocycles. The van der Waals surface area contributed by atoms with Crippen LogP contribution in [0, 0.1) is 24.0 Å². The van der Waals surface area contributed by atoms with Crippen LogP contribution in [0.2, 0.25) is 0 Å². The number of amides is 1. The SMILES string of the molecule is Cc1ccc(N[C@H]2C[C@H](C)N(C(=O)c3cccc([N+](=O)[O-])c3)c3ccc(C)cc32)cc1. The van der Waals surface area contributed by atoms with Crippen LogP contribution in [0.3, 0.4) is 0 Å². The van der Waals surface area contributed by atoms with Crippen LogP contribution in [-0.2, 0) is 0 Å². The summed E-state index contributed by atoms with van der Waals surface area (Å²) >= 11 is 0. The summed E-state index contributed by atoms with van der Waals surface area (Å²) in [4.78, 5) is 25.9. The van der Waals surface area contributed by atoms with Gasteiger partial charge in [-0.1, -0.05) is 41.5 Å². The van der Waals surface area contributed by atoms with E-state index in [2.05, 4.69) is 42.6 Å². The van der Waals surface area contributed by atoms with Gasteiger partial charge in [0.15, 0.2) is 0 Å². The van der Waals surface area contributed by atoms with Crippen molar-refractivity contribution in [3.8, 4) is 0 Å². The molecule has 0 unspecified atom stereocenters. The molecular weight excluding hydrogens is 390 g/mol. The predicted molar refractivity (Wildman–Crippen MR) is 123 cm³/mol. The fourth-order valence-electron chi connectivity index (χ4n) is 4.17. The van der Waals surface area contributed by atoms with Crippen molar-refractivity contribution in [3.63, 3.8) is 0 Å². The molecule has 31 heavy (non-hydrogen) atoms. The number of nitrogens with one attached hydrogen (secondary N) is 1. The van der Waals surface area contributed by atoms with Crippen molar-refractivity contribution >= 4 is 23.0 Å². The van der Waals surface area contributed by atoms with Gasteiger partial charge in [-0.25, -0.2) is 0 Å². The van der Waals surface area contributed by atoms with E-state index in [1.54, 1.807) is 17.0 Å². The number of hydrogen-bond donors (Lipinski definition) is 1. The van der Waals surface area contributed by atoms with Crippen LogP contribution in [0.25, 0.3) is 0 Å². The van der Waals surface area contributed by atoms with Gasteiger partial charge in [0.05, 0.1) is 11.0 Å². The molecule has 158 valence electrons. The van der Waals surface area contributed by atoms with E-state index in [9.17, 15) is 14.9 Å². The van der Waals surface area contributed by atoms with E-state index < -0.39 is 4.92 Å². The van der Waals surface area contributed by atoms with E-state index in [0.29, 0.717) is 5.56 Å². The van der Waals surface area contributed by atoms with Crippen LogP contribution >= 0.6 is 0 Å². The summed E-state index contributed by atoms with van der Waals surface area (Å²) in [6, 6.07) is 20.3. The number of rotatable bonds is 4. The molecule has 1 N–H and O–H groups in total. The maximum absolute atomic E-state index is 13.4. The molecule has 0 aliphatic carbocycles. The zero-order valence-electron chi connectivity index (χ0n) is 17.8. The summed E-state index contributed by atoms with van der Waals surface area (Å²) in [7, 11) is 0. The molecule has 0 fully saturated rings. The van der Waals surface area contributed by atoms with E-state index in [-0.39, 0.29) is 23.7 Å². The maximum Gasteiger partial charge on any atom is 0.270 e. The van der Waals surface area contributed by atoms with Crippen LogP contribution < -0.4 is 10.2 Å². The van der Waals surface area contributed by atoms with Crippen molar-refractivity contribution < 1.29 is 9.72 Å². The number of hydrogen-bond acceptors (Lipinski definition) is 4. The Balaban J connectivity index is 1.71. The molecule has 4 rings (SSSR count). The predicted octanol–water partition coefficient (Wildman–Crippen LogP) is 5.80. The van der Waals surface area contributed by atoms with Gasteiger partial charge >= 0.3 is 0 Å². The minimum absolute atomic E-state index is 0.0572. The van der Waals surface area contributed by atoms with E-state index in [4.69, 9.17) is 0 Å². The van der Waals surface area contributed by atoms with Crippen molar-refractivity contribution in [1.82, 2.24) is 0 Å². The second-order valence-corrected chi connectivity index (χ2v) is 8.19. The summed E-state index contributed by atoms with van der Waals surface area (Å²) in [5.41, 5.74) is 5.48. The Morgan fingerprint density at radius 3 is 2.45 bits per heavy atom. The fraction of sp³-hybridized carbons (Fsp3) is 0.240. The summed E-state index contributed by atoms with van der Waals surface area (Å²) in [5.74, 6) is -0.227. The average molecular weight is 415 g/mol. The van der Waals surface area contributed by atoms with Gasteiger partial charge in [-0.15, -0.1) is 0 Å². The lowest BCUT2D eigenvalue weighted by molar-refractivity contribution is -0.384. The van der Waals surface area contributed by atoms with Gasteiger partial charge in [0.1, 0.15) is 0 Å². The quantitative estimate of drug-likeness (QED) is 0.431. The molecule has 2 atom stereocenters. The third kappa shape index (κ3) is 4.14. The number of fused-ring (bicyclic) bond motifs is 1. The minimum Gasteiger partial charge on any atom is -0.378 e. The van der Waals surface area contributed by atoms with Crippen molar-refractivity contribution in [2.24, 2.45) is 0 Å². The average Bonchev–Trinajstić information content (AvgIpc) is 2.75. The van der Waals surface area contributed by atoms with E-state index in [0.717, 1.165) is 28.9 Å². The van der Waals surface area contributed by atoms with E-state index >= 15 is 0 Å². The first-order chi connectivity index (χ1) is 14.8. The number of benzene rings is 3. The highest BCUT2D eigenvalue weighted by Crippen LogP contribution is 2.40. The fourth-order valence-corrected chi connectivity index (χ4v) is 4.17. The third-order valence-corrected chi connectivity index (χ3v) is 5.75. The first-order valence-corrected chi connectivity index (χ1v) is 10.4. The molecule has 0 aromatic heterocycles. The summed E-state index contributed by atoms with van der Waals surface area (Å²) < 4.78 is 0. The van der Waals surface area contributed by atoms with E-state index in [1.165, 1.54) is 17.7 Å². The second-order valence-electron chi connectivity index (χ2n) is 8.19. The molecular formula is C25H25N3O3. The van der Waals surface area contributed by atoms with Gasteiger partial charge in [-0.3, -0.25) is 14.9 Å². The first kappa shape index (κ1) is 20.6. The number of carbonyl (C=O) groups excluding carboxylic acids is 1. The Hall–Kier alpha value is -3.67. The highest BCUT2D eigenvalue weighted by Gasteiger charge is 2.34. The number of nitro groups is 1. The molecule has 0 radical (unpaired) electrons. The van der Waals surface area contributed by atoms with Gasteiger partial charge < -0.3 is 10.2 Å². The van der Waals surface area contributed by atoms with Gasteiger partial charge in [0.25, 0.3) is 11.6 Å². The van der Waals surface area contributed by atoms with Gasteiger partial charge in [0, 0.05) is 35.1 Å². The Kier molecular flexibility index (Phi) is 5.46. The molecule has 0 spiro atoms. The molecule has 1 aliphatic rings. The smallest absolute Gasteiger partial charge is 0.270 e. The minimum atomic E-state index is -0.477. The van der Waals surface area contributed by atoms with Crippen LogP contribution in [0.1, 0.15) is 46.4 Å². The van der Waals surface area contributed by atoms with Crippen molar-refractivity contribution in [2.75, 3.05) is 10.2 Å². The summed E-state index contributed by atoms with van der Waals surface area (Å²) in [6.45, 7) is 6.11. The molecule has 1 heterocycles. The van der Waals surface area contributed by atoms with E-state index in [1.807, 2.05) is 26.0 Å². The zero-order valence-corrected chi connectivity index (χ0v) is 17.8. The van der Waals surface area contributed by atoms with Gasteiger partial charge in [-0.05, 0) is 57.0 Å². The normalized spacial score (nSPS) is 17.7. The molecule has 6 heteroatoms. The molecule has 3 aromatic carbocycles. The van der Waals surface area contributed by atoms with Gasteiger partial charge in [0.2, 0.25) is 0 Å². The molecule has 6 nitrogen and oxygen atoms in total. The Morgan fingerprint density at radius 2 is 1.74 bits per heavy atom. The zero-order chi connectivity index (χ0) is 22.1. The van der Waals surface area contributed by atoms with Crippen molar-refractivity contribution in [1.29, 1.82) is 0 Å². The Bertz CT molecular complexity index is 1140. The monoisotopic (exact) mass is 415 g/mol. The lowest BCUT2D eigenvalue weighted by atomic mass is 9.89. The molecule has 3 aromatic rings. The Morgan fingerprint density at radius 1 is 1.03 bits per heavy atom. The van der Waals surface area contributed by atoms with Gasteiger partial charge in [-0.2, -0.15) is 0 Å². The molecule has 1 amide bonds. The largest absolute Gasteiger partial charge is 0.378 e. The number of anilines is 2. The van der Waals surface area contributed by atoms with Crippen molar-refractivity contribution in [2.45, 2.75) is 39.3 Å². The number of carbonyl (C=O) groups is 1. The lowest BCUT2D eigenvalue weighted by Gasteiger charge is -2.40. The molecule has 0 saturated heterocycles. The van der Waals surface area contributed by atoms with Crippen LogP contribution in [-0.4, -0.2) is 16.9 Å².